The maximum absolute atomic E-state index is 13.7. The summed E-state index contributed by atoms with van der Waals surface area (Å²) >= 11 is 0. The first kappa shape index (κ1) is 15.6. The molecule has 1 aliphatic rings. The van der Waals surface area contributed by atoms with E-state index in [9.17, 15) is 9.18 Å². The number of pyridine rings is 1. The van der Waals surface area contributed by atoms with E-state index in [1.165, 1.54) is 12.1 Å². The van der Waals surface area contributed by atoms with Crippen LogP contribution in [0.3, 0.4) is 0 Å². The molecule has 1 aliphatic heterocycles. The number of hydrogen-bond donors (Lipinski definition) is 1. The Hall–Kier alpha value is -2.95. The molecule has 0 aliphatic carbocycles. The second-order valence-electron chi connectivity index (χ2n) is 6.17. The average Bonchev–Trinajstić information content (AvgIpc) is 2.61. The quantitative estimate of drug-likeness (QED) is 0.771. The molecule has 1 aromatic heterocycles. The molecule has 3 aromatic rings. The third kappa shape index (κ3) is 2.93. The number of aromatic nitrogens is 1. The molecule has 5 heteroatoms. The Morgan fingerprint density at radius 1 is 1.24 bits per heavy atom. The second kappa shape index (κ2) is 6.16. The number of fused-ring (bicyclic) bond motifs is 2. The topological polar surface area (TPSA) is 51.2 Å². The van der Waals surface area contributed by atoms with Crippen LogP contribution in [-0.2, 0) is 0 Å². The molecule has 0 radical (unpaired) electrons. The summed E-state index contributed by atoms with van der Waals surface area (Å²) in [5.41, 5.74) is 2.73. The van der Waals surface area contributed by atoms with Crippen molar-refractivity contribution in [2.45, 2.75) is 19.4 Å². The minimum atomic E-state index is -0.386. The van der Waals surface area contributed by atoms with Crippen molar-refractivity contribution in [3.05, 3.63) is 71.2 Å². The average molecular weight is 336 g/mol. The number of carbonyl (C=O) groups is 1. The molecular weight excluding hydrogens is 319 g/mol. The van der Waals surface area contributed by atoms with E-state index in [-0.39, 0.29) is 17.8 Å². The van der Waals surface area contributed by atoms with Crippen LogP contribution in [0.25, 0.3) is 10.9 Å². The summed E-state index contributed by atoms with van der Waals surface area (Å²) in [5.74, 6) is 0.173. The molecule has 0 fully saturated rings. The Morgan fingerprint density at radius 2 is 2.08 bits per heavy atom. The van der Waals surface area contributed by atoms with Gasteiger partial charge in [-0.15, -0.1) is 0 Å². The first-order chi connectivity index (χ1) is 12.1. The number of rotatable bonds is 2. The molecule has 4 nitrogen and oxygen atoms in total. The summed E-state index contributed by atoms with van der Waals surface area (Å²) in [5, 5.41) is 3.58. The van der Waals surface area contributed by atoms with Gasteiger partial charge in [0.25, 0.3) is 5.91 Å². The van der Waals surface area contributed by atoms with E-state index in [0.29, 0.717) is 29.5 Å². The molecule has 0 saturated carbocycles. The number of aryl methyl sites for hydroxylation is 1. The summed E-state index contributed by atoms with van der Waals surface area (Å²) in [6.45, 7) is 2.37. The van der Waals surface area contributed by atoms with Crippen LogP contribution in [0.15, 0.2) is 48.5 Å². The number of amides is 1. The molecule has 0 saturated heterocycles. The van der Waals surface area contributed by atoms with Crippen LogP contribution in [0, 0.1) is 12.7 Å². The Morgan fingerprint density at radius 3 is 2.96 bits per heavy atom. The van der Waals surface area contributed by atoms with Crippen molar-refractivity contribution < 1.29 is 13.9 Å². The van der Waals surface area contributed by atoms with Gasteiger partial charge in [-0.3, -0.25) is 9.78 Å². The first-order valence-electron chi connectivity index (χ1n) is 8.21. The van der Waals surface area contributed by atoms with Crippen molar-refractivity contribution >= 4 is 16.8 Å². The van der Waals surface area contributed by atoms with E-state index in [1.54, 1.807) is 12.1 Å². The fraction of sp³-hybridized carbons (Fsp3) is 0.200. The predicted molar refractivity (Wildman–Crippen MR) is 93.2 cm³/mol. The van der Waals surface area contributed by atoms with Gasteiger partial charge in [0.15, 0.2) is 0 Å². The second-order valence-corrected chi connectivity index (χ2v) is 6.17. The highest BCUT2D eigenvalue weighted by Crippen LogP contribution is 2.32. The molecule has 0 bridgehead atoms. The highest BCUT2D eigenvalue weighted by Gasteiger charge is 2.24. The van der Waals surface area contributed by atoms with Crippen LogP contribution in [0.5, 0.6) is 5.75 Å². The summed E-state index contributed by atoms with van der Waals surface area (Å²) in [6, 6.07) is 13.6. The lowest BCUT2D eigenvalue weighted by Gasteiger charge is -2.26. The highest BCUT2D eigenvalue weighted by atomic mass is 19.1. The number of carbonyl (C=O) groups excluding carboxylic acids is 1. The number of nitrogens with one attached hydrogen (secondary N) is 1. The van der Waals surface area contributed by atoms with Gasteiger partial charge >= 0.3 is 0 Å². The maximum atomic E-state index is 13.7. The predicted octanol–water partition coefficient (Wildman–Crippen LogP) is 3.94. The number of benzene rings is 2. The van der Waals surface area contributed by atoms with Crippen molar-refractivity contribution in [3.8, 4) is 5.75 Å². The van der Waals surface area contributed by atoms with Gasteiger partial charge in [0.05, 0.1) is 23.7 Å². The fourth-order valence-electron chi connectivity index (χ4n) is 3.25. The van der Waals surface area contributed by atoms with Gasteiger partial charge in [0.2, 0.25) is 0 Å². The van der Waals surface area contributed by atoms with Crippen LogP contribution in [0.2, 0.25) is 0 Å². The molecule has 2 heterocycles. The lowest BCUT2D eigenvalue weighted by Crippen LogP contribution is -2.32. The zero-order valence-corrected chi connectivity index (χ0v) is 13.8. The standard InChI is InChI=1S/C20H17FN2O2/c1-12-10-16(15-11-13(21)6-7-17(15)22-12)20(24)23-18-8-9-25-19-5-3-2-4-14(18)19/h2-7,10-11,18H,8-9H2,1H3,(H,23,24). The van der Waals surface area contributed by atoms with Gasteiger partial charge in [-0.1, -0.05) is 18.2 Å². The Kier molecular flexibility index (Phi) is 3.84. The fourth-order valence-corrected chi connectivity index (χ4v) is 3.25. The molecule has 1 unspecified atom stereocenters. The molecular formula is C20H17FN2O2. The smallest absolute Gasteiger partial charge is 0.252 e. The van der Waals surface area contributed by atoms with Gasteiger partial charge in [-0.05, 0) is 37.3 Å². The van der Waals surface area contributed by atoms with Crippen molar-refractivity contribution in [1.29, 1.82) is 0 Å². The molecule has 4 rings (SSSR count). The van der Waals surface area contributed by atoms with Crippen molar-refractivity contribution in [2.24, 2.45) is 0 Å². The lowest BCUT2D eigenvalue weighted by atomic mass is 9.99. The molecule has 2 aromatic carbocycles. The van der Waals surface area contributed by atoms with Gasteiger partial charge in [0, 0.05) is 23.1 Å². The Balaban J connectivity index is 1.71. The summed E-state index contributed by atoms with van der Waals surface area (Å²) in [6.07, 6.45) is 0.694. The SMILES string of the molecule is Cc1cc(C(=O)NC2CCOc3ccccc32)c2cc(F)ccc2n1. The third-order valence-electron chi connectivity index (χ3n) is 4.41. The Bertz CT molecular complexity index is 971. The first-order valence-corrected chi connectivity index (χ1v) is 8.21. The normalized spacial score (nSPS) is 16.2. The van der Waals surface area contributed by atoms with Crippen molar-refractivity contribution in [3.63, 3.8) is 0 Å². The zero-order chi connectivity index (χ0) is 17.4. The largest absolute Gasteiger partial charge is 0.493 e. The van der Waals surface area contributed by atoms with E-state index in [2.05, 4.69) is 10.3 Å². The van der Waals surface area contributed by atoms with Crippen LogP contribution >= 0.6 is 0 Å². The van der Waals surface area contributed by atoms with Crippen LogP contribution in [-0.4, -0.2) is 17.5 Å². The minimum absolute atomic E-state index is 0.130. The van der Waals surface area contributed by atoms with Crippen LogP contribution < -0.4 is 10.1 Å². The number of para-hydroxylation sites is 1. The van der Waals surface area contributed by atoms with Gasteiger partial charge in [-0.2, -0.15) is 0 Å². The summed E-state index contributed by atoms with van der Waals surface area (Å²) in [4.78, 5) is 17.3. The molecule has 25 heavy (non-hydrogen) atoms. The third-order valence-corrected chi connectivity index (χ3v) is 4.41. The van der Waals surface area contributed by atoms with Gasteiger partial charge < -0.3 is 10.1 Å². The number of nitrogens with zero attached hydrogens (tertiary/aromatic N) is 1. The molecule has 1 atom stereocenters. The number of ether oxygens (including phenoxy) is 1. The zero-order valence-electron chi connectivity index (χ0n) is 13.8. The van der Waals surface area contributed by atoms with Crippen LogP contribution in [0.4, 0.5) is 4.39 Å². The molecule has 1 amide bonds. The van der Waals surface area contributed by atoms with Crippen molar-refractivity contribution in [1.82, 2.24) is 10.3 Å². The summed E-state index contributed by atoms with van der Waals surface area (Å²) in [7, 11) is 0. The van der Waals surface area contributed by atoms with E-state index in [0.717, 1.165) is 17.0 Å². The highest BCUT2D eigenvalue weighted by molar-refractivity contribution is 6.06. The minimum Gasteiger partial charge on any atom is -0.493 e. The Labute approximate surface area is 144 Å². The van der Waals surface area contributed by atoms with Gasteiger partial charge in [0.1, 0.15) is 11.6 Å². The number of hydrogen-bond acceptors (Lipinski definition) is 3. The summed E-state index contributed by atoms with van der Waals surface area (Å²) < 4.78 is 19.3. The molecule has 0 spiro atoms. The van der Waals surface area contributed by atoms with E-state index < -0.39 is 0 Å². The van der Waals surface area contributed by atoms with Crippen LogP contribution in [0.1, 0.15) is 34.1 Å². The molecule has 126 valence electrons. The van der Waals surface area contributed by atoms with E-state index in [1.807, 2.05) is 31.2 Å². The maximum Gasteiger partial charge on any atom is 0.252 e. The van der Waals surface area contributed by atoms with E-state index >= 15 is 0 Å². The monoisotopic (exact) mass is 336 g/mol. The lowest BCUT2D eigenvalue weighted by molar-refractivity contribution is 0.0926. The number of halogens is 1. The molecule has 1 N–H and O–H groups in total. The van der Waals surface area contributed by atoms with E-state index in [4.69, 9.17) is 4.74 Å². The van der Waals surface area contributed by atoms with Crippen molar-refractivity contribution in [2.75, 3.05) is 6.61 Å². The van der Waals surface area contributed by atoms with Gasteiger partial charge in [-0.25, -0.2) is 4.39 Å².